The van der Waals surface area contributed by atoms with Crippen LogP contribution >= 0.6 is 0 Å². The fraction of sp³-hybridized carbons (Fsp3) is 1.00. The van der Waals surface area contributed by atoms with E-state index in [0.29, 0.717) is 6.04 Å². The van der Waals surface area contributed by atoms with E-state index in [-0.39, 0.29) is 0 Å². The molecule has 0 bridgehead atoms. The molecule has 0 saturated heterocycles. The summed E-state index contributed by atoms with van der Waals surface area (Å²) < 4.78 is 0. The maximum absolute atomic E-state index is 6.11. The van der Waals surface area contributed by atoms with Gasteiger partial charge in [0.25, 0.3) is 0 Å². The van der Waals surface area contributed by atoms with Gasteiger partial charge in [0.05, 0.1) is 0 Å². The third-order valence-electron chi connectivity index (χ3n) is 2.97. The number of hydrogen-bond donors (Lipinski definition) is 1. The Kier molecular flexibility index (Phi) is 5.49. The van der Waals surface area contributed by atoms with Crippen molar-refractivity contribution in [2.24, 2.45) is 5.73 Å². The summed E-state index contributed by atoms with van der Waals surface area (Å²) in [5.41, 5.74) is 6.11. The van der Waals surface area contributed by atoms with E-state index in [9.17, 15) is 0 Å². The van der Waals surface area contributed by atoms with Crippen LogP contribution in [0.2, 0.25) is 0 Å². The van der Waals surface area contributed by atoms with Gasteiger partial charge in [-0.1, -0.05) is 26.7 Å². The predicted octanol–water partition coefficient (Wildman–Crippen LogP) is 2.38. The van der Waals surface area contributed by atoms with Crippen molar-refractivity contribution in [1.82, 2.24) is 4.90 Å². The molecule has 0 heterocycles. The zero-order valence-electron chi connectivity index (χ0n) is 9.84. The second-order valence-corrected chi connectivity index (χ2v) is 4.63. The molecule has 0 aromatic rings. The van der Waals surface area contributed by atoms with Crippen molar-refractivity contribution in [3.05, 3.63) is 0 Å². The summed E-state index contributed by atoms with van der Waals surface area (Å²) in [7, 11) is 0. The Bertz CT molecular complexity index is 143. The lowest BCUT2D eigenvalue weighted by Gasteiger charge is -2.24. The third kappa shape index (κ3) is 4.43. The molecule has 1 aliphatic carbocycles. The van der Waals surface area contributed by atoms with Gasteiger partial charge in [0.1, 0.15) is 0 Å². The maximum Gasteiger partial charge on any atom is 0.0167 e. The lowest BCUT2D eigenvalue weighted by Crippen LogP contribution is -2.39. The molecule has 0 aliphatic heterocycles. The zero-order chi connectivity index (χ0) is 10.4. The number of rotatable bonds is 8. The first kappa shape index (κ1) is 12.0. The van der Waals surface area contributed by atoms with Gasteiger partial charge in [-0.3, -0.25) is 4.90 Å². The summed E-state index contributed by atoms with van der Waals surface area (Å²) in [6.07, 6.45) is 7.82. The first-order chi connectivity index (χ1) is 6.77. The Labute approximate surface area is 88.8 Å². The van der Waals surface area contributed by atoms with Gasteiger partial charge in [0.15, 0.2) is 0 Å². The van der Waals surface area contributed by atoms with Crippen molar-refractivity contribution in [2.45, 2.75) is 64.5 Å². The molecule has 14 heavy (non-hydrogen) atoms. The van der Waals surface area contributed by atoms with Crippen LogP contribution in [-0.4, -0.2) is 30.1 Å². The molecule has 0 amide bonds. The average molecular weight is 198 g/mol. The van der Waals surface area contributed by atoms with E-state index in [1.807, 2.05) is 0 Å². The standard InChI is InChI=1S/C12H26N2/c1-3-5-6-11(13)10-14(9-4-2)12-7-8-12/h11-12H,3-10,13H2,1-2H3. The van der Waals surface area contributed by atoms with Gasteiger partial charge in [-0.25, -0.2) is 0 Å². The van der Waals surface area contributed by atoms with Crippen LogP contribution < -0.4 is 5.73 Å². The van der Waals surface area contributed by atoms with Crippen LogP contribution in [0, 0.1) is 0 Å². The summed E-state index contributed by atoms with van der Waals surface area (Å²) in [4.78, 5) is 2.60. The van der Waals surface area contributed by atoms with E-state index in [1.165, 1.54) is 45.1 Å². The first-order valence-corrected chi connectivity index (χ1v) is 6.27. The molecule has 2 N–H and O–H groups in total. The Balaban J connectivity index is 2.16. The van der Waals surface area contributed by atoms with Crippen molar-refractivity contribution in [2.75, 3.05) is 13.1 Å². The minimum absolute atomic E-state index is 0.405. The molecule has 2 nitrogen and oxygen atoms in total. The first-order valence-electron chi connectivity index (χ1n) is 6.27. The van der Waals surface area contributed by atoms with Gasteiger partial charge in [-0.15, -0.1) is 0 Å². The van der Waals surface area contributed by atoms with Gasteiger partial charge >= 0.3 is 0 Å². The van der Waals surface area contributed by atoms with Crippen molar-refractivity contribution >= 4 is 0 Å². The van der Waals surface area contributed by atoms with E-state index < -0.39 is 0 Å². The topological polar surface area (TPSA) is 29.3 Å². The molecule has 0 spiro atoms. The average Bonchev–Trinajstić information content (AvgIpc) is 2.97. The highest BCUT2D eigenvalue weighted by Crippen LogP contribution is 2.27. The fourth-order valence-electron chi connectivity index (χ4n) is 2.01. The molecule has 1 aliphatic rings. The van der Waals surface area contributed by atoms with E-state index in [4.69, 9.17) is 5.73 Å². The molecular formula is C12H26N2. The van der Waals surface area contributed by atoms with E-state index in [1.54, 1.807) is 0 Å². The lowest BCUT2D eigenvalue weighted by molar-refractivity contribution is 0.242. The zero-order valence-corrected chi connectivity index (χ0v) is 9.84. The normalized spacial score (nSPS) is 18.9. The lowest BCUT2D eigenvalue weighted by atomic mass is 10.1. The number of hydrogen-bond acceptors (Lipinski definition) is 2. The largest absolute Gasteiger partial charge is 0.327 e. The van der Waals surface area contributed by atoms with Crippen LogP contribution in [-0.2, 0) is 0 Å². The summed E-state index contributed by atoms with van der Waals surface area (Å²) in [5.74, 6) is 0. The van der Waals surface area contributed by atoms with Crippen molar-refractivity contribution < 1.29 is 0 Å². The number of nitrogens with two attached hydrogens (primary N) is 1. The predicted molar refractivity (Wildman–Crippen MR) is 62.4 cm³/mol. The molecular weight excluding hydrogens is 172 g/mol. The molecule has 1 saturated carbocycles. The van der Waals surface area contributed by atoms with E-state index in [2.05, 4.69) is 18.7 Å². The second kappa shape index (κ2) is 6.41. The Morgan fingerprint density at radius 2 is 2.00 bits per heavy atom. The summed E-state index contributed by atoms with van der Waals surface area (Å²) >= 11 is 0. The third-order valence-corrected chi connectivity index (χ3v) is 2.97. The number of unbranched alkanes of at least 4 members (excludes halogenated alkanes) is 1. The molecule has 0 radical (unpaired) electrons. The van der Waals surface area contributed by atoms with Gasteiger partial charge in [-0.05, 0) is 32.2 Å². The van der Waals surface area contributed by atoms with Gasteiger partial charge in [0, 0.05) is 18.6 Å². The van der Waals surface area contributed by atoms with Crippen LogP contribution in [0.25, 0.3) is 0 Å². The van der Waals surface area contributed by atoms with Gasteiger partial charge in [-0.2, -0.15) is 0 Å². The molecule has 0 aromatic carbocycles. The minimum Gasteiger partial charge on any atom is -0.327 e. The van der Waals surface area contributed by atoms with Crippen LogP contribution in [0.3, 0.4) is 0 Å². The summed E-state index contributed by atoms with van der Waals surface area (Å²) in [6, 6.07) is 1.28. The Hall–Kier alpha value is -0.0800. The van der Waals surface area contributed by atoms with Crippen LogP contribution in [0.4, 0.5) is 0 Å². The summed E-state index contributed by atoms with van der Waals surface area (Å²) in [5, 5.41) is 0. The quantitative estimate of drug-likeness (QED) is 0.649. The van der Waals surface area contributed by atoms with E-state index >= 15 is 0 Å². The highest BCUT2D eigenvalue weighted by molar-refractivity contribution is 4.86. The van der Waals surface area contributed by atoms with Crippen LogP contribution in [0.1, 0.15) is 52.4 Å². The molecule has 0 aromatic heterocycles. The van der Waals surface area contributed by atoms with Crippen molar-refractivity contribution in [3.8, 4) is 0 Å². The molecule has 1 fully saturated rings. The number of nitrogens with zero attached hydrogens (tertiary/aromatic N) is 1. The van der Waals surface area contributed by atoms with Crippen molar-refractivity contribution in [1.29, 1.82) is 0 Å². The maximum atomic E-state index is 6.11. The Morgan fingerprint density at radius 3 is 2.50 bits per heavy atom. The summed E-state index contributed by atoms with van der Waals surface area (Å²) in [6.45, 7) is 6.85. The molecule has 84 valence electrons. The fourth-order valence-corrected chi connectivity index (χ4v) is 2.01. The smallest absolute Gasteiger partial charge is 0.0167 e. The Morgan fingerprint density at radius 1 is 1.29 bits per heavy atom. The highest BCUT2D eigenvalue weighted by atomic mass is 15.2. The van der Waals surface area contributed by atoms with E-state index in [0.717, 1.165) is 12.6 Å². The molecule has 1 rings (SSSR count). The molecule has 2 heteroatoms. The second-order valence-electron chi connectivity index (χ2n) is 4.63. The van der Waals surface area contributed by atoms with Gasteiger partial charge in [0.2, 0.25) is 0 Å². The molecule has 1 unspecified atom stereocenters. The monoisotopic (exact) mass is 198 g/mol. The van der Waals surface area contributed by atoms with Gasteiger partial charge < -0.3 is 5.73 Å². The SMILES string of the molecule is CCCCC(N)CN(CCC)C1CC1. The molecule has 1 atom stereocenters. The minimum atomic E-state index is 0.405. The van der Waals surface area contributed by atoms with Crippen LogP contribution in [0.15, 0.2) is 0 Å². The highest BCUT2D eigenvalue weighted by Gasteiger charge is 2.28. The van der Waals surface area contributed by atoms with Crippen LogP contribution in [0.5, 0.6) is 0 Å². The van der Waals surface area contributed by atoms with Crippen molar-refractivity contribution in [3.63, 3.8) is 0 Å².